The van der Waals surface area contributed by atoms with Crippen molar-refractivity contribution in [3.63, 3.8) is 0 Å². The topological polar surface area (TPSA) is 101 Å². The van der Waals surface area contributed by atoms with Gasteiger partial charge in [-0.05, 0) is 24.3 Å². The molecule has 0 radical (unpaired) electrons. The molecule has 0 aliphatic carbocycles. The van der Waals surface area contributed by atoms with Crippen LogP contribution in [0.4, 0.5) is 17.2 Å². The van der Waals surface area contributed by atoms with E-state index in [-0.39, 0.29) is 16.7 Å². The largest absolute Gasteiger partial charge is 0.382 e. The zero-order valence-electron chi connectivity index (χ0n) is 11.3. The van der Waals surface area contributed by atoms with Gasteiger partial charge in [0.25, 0.3) is 0 Å². The molecule has 0 bridgehead atoms. The Kier molecular flexibility index (Phi) is 3.71. The average molecular weight is 315 g/mol. The van der Waals surface area contributed by atoms with E-state index in [1.165, 1.54) is 10.9 Å². The first kappa shape index (κ1) is 14.0. The summed E-state index contributed by atoms with van der Waals surface area (Å²) in [5.74, 6) is 0.123. The van der Waals surface area contributed by atoms with Gasteiger partial charge < -0.3 is 5.73 Å². The number of azo groups is 1. The number of nitrogens with zero attached hydrogens (tertiary/aromatic N) is 4. The quantitative estimate of drug-likeness (QED) is 0.573. The van der Waals surface area contributed by atoms with Gasteiger partial charge in [-0.1, -0.05) is 29.8 Å². The SMILES string of the molecule is Nc1[nH]n(-c2ccccc2)c(=O)c1N=Nc1cccnc1Cl. The molecule has 7 nitrogen and oxygen atoms in total. The van der Waals surface area contributed by atoms with E-state index >= 15 is 0 Å². The maximum absolute atomic E-state index is 12.3. The number of para-hydroxylation sites is 1. The molecule has 0 fully saturated rings. The lowest BCUT2D eigenvalue weighted by molar-refractivity contribution is 0.853. The summed E-state index contributed by atoms with van der Waals surface area (Å²) in [5, 5.41) is 10.8. The van der Waals surface area contributed by atoms with Gasteiger partial charge in [0, 0.05) is 6.20 Å². The fourth-order valence-corrected chi connectivity index (χ4v) is 2.01. The van der Waals surface area contributed by atoms with Gasteiger partial charge in [-0.3, -0.25) is 9.89 Å². The second kappa shape index (κ2) is 5.82. The van der Waals surface area contributed by atoms with Gasteiger partial charge in [0.2, 0.25) is 0 Å². The van der Waals surface area contributed by atoms with Crippen LogP contribution in [0.1, 0.15) is 0 Å². The van der Waals surface area contributed by atoms with Gasteiger partial charge in [0.05, 0.1) is 5.69 Å². The summed E-state index contributed by atoms with van der Waals surface area (Å²) in [4.78, 5) is 16.2. The molecule has 0 atom stereocenters. The maximum Gasteiger partial charge on any atom is 0.301 e. The number of benzene rings is 1. The molecule has 0 amide bonds. The Morgan fingerprint density at radius 2 is 1.91 bits per heavy atom. The number of aromatic nitrogens is 3. The Balaban J connectivity index is 2.01. The minimum atomic E-state index is -0.396. The third-order valence-corrected chi connectivity index (χ3v) is 3.20. The number of nitrogens with two attached hydrogens (primary N) is 1. The third-order valence-electron chi connectivity index (χ3n) is 2.90. The highest BCUT2D eigenvalue weighted by atomic mass is 35.5. The normalized spacial score (nSPS) is 11.1. The van der Waals surface area contributed by atoms with Gasteiger partial charge in [-0.25, -0.2) is 9.67 Å². The lowest BCUT2D eigenvalue weighted by Gasteiger charge is -1.98. The predicted molar refractivity (Wildman–Crippen MR) is 84.2 cm³/mol. The van der Waals surface area contributed by atoms with Crippen LogP contribution in [0.3, 0.4) is 0 Å². The number of nitrogens with one attached hydrogen (secondary N) is 1. The van der Waals surface area contributed by atoms with Crippen LogP contribution in [0.15, 0.2) is 63.7 Å². The van der Waals surface area contributed by atoms with E-state index in [2.05, 4.69) is 20.3 Å². The Morgan fingerprint density at radius 1 is 1.14 bits per heavy atom. The second-order valence-corrected chi connectivity index (χ2v) is 4.72. The fraction of sp³-hybridized carbons (Fsp3) is 0. The van der Waals surface area contributed by atoms with Crippen LogP contribution >= 0.6 is 11.6 Å². The zero-order chi connectivity index (χ0) is 15.5. The highest BCUT2D eigenvalue weighted by molar-refractivity contribution is 6.31. The van der Waals surface area contributed by atoms with Crippen molar-refractivity contribution in [1.82, 2.24) is 14.8 Å². The monoisotopic (exact) mass is 314 g/mol. The molecule has 0 saturated heterocycles. The Labute approximate surface area is 130 Å². The van der Waals surface area contributed by atoms with Gasteiger partial charge in [-0.2, -0.15) is 0 Å². The van der Waals surface area contributed by atoms with Crippen LogP contribution in [-0.4, -0.2) is 14.8 Å². The van der Waals surface area contributed by atoms with E-state index in [1.54, 1.807) is 24.3 Å². The molecule has 0 aliphatic heterocycles. The number of hydrogen-bond donors (Lipinski definition) is 2. The molecule has 1 aromatic carbocycles. The zero-order valence-corrected chi connectivity index (χ0v) is 12.0. The van der Waals surface area contributed by atoms with Crippen molar-refractivity contribution in [2.45, 2.75) is 0 Å². The van der Waals surface area contributed by atoms with Gasteiger partial charge in [0.1, 0.15) is 11.5 Å². The first-order valence-corrected chi connectivity index (χ1v) is 6.73. The smallest absolute Gasteiger partial charge is 0.301 e. The van der Waals surface area contributed by atoms with E-state index < -0.39 is 5.56 Å². The Morgan fingerprint density at radius 3 is 2.64 bits per heavy atom. The lowest BCUT2D eigenvalue weighted by Crippen LogP contribution is -2.13. The molecule has 3 aromatic rings. The molecule has 0 aliphatic rings. The summed E-state index contributed by atoms with van der Waals surface area (Å²) < 4.78 is 1.30. The van der Waals surface area contributed by atoms with Gasteiger partial charge in [0.15, 0.2) is 10.8 Å². The molecule has 3 rings (SSSR count). The first-order valence-electron chi connectivity index (χ1n) is 6.35. The van der Waals surface area contributed by atoms with Crippen LogP contribution < -0.4 is 11.3 Å². The summed E-state index contributed by atoms with van der Waals surface area (Å²) in [7, 11) is 0. The molecule has 0 spiro atoms. The van der Waals surface area contributed by atoms with Gasteiger partial charge >= 0.3 is 5.56 Å². The predicted octanol–water partition coefficient (Wildman–Crippen LogP) is 3.21. The second-order valence-electron chi connectivity index (χ2n) is 4.36. The fourth-order valence-electron chi connectivity index (χ4n) is 1.86. The average Bonchev–Trinajstić information content (AvgIpc) is 2.82. The molecular formula is C14H11ClN6O. The van der Waals surface area contributed by atoms with Crippen LogP contribution in [-0.2, 0) is 0 Å². The molecule has 8 heteroatoms. The number of H-pyrrole nitrogens is 1. The molecule has 110 valence electrons. The highest BCUT2D eigenvalue weighted by Gasteiger charge is 2.12. The number of anilines is 1. The molecule has 22 heavy (non-hydrogen) atoms. The standard InChI is InChI=1S/C14H11ClN6O/c15-12-10(7-4-8-17-12)18-19-11-13(16)20-21(14(11)22)9-5-2-1-3-6-9/h1-8,20H,16H2. The number of nitrogen functional groups attached to an aromatic ring is 1. The van der Waals surface area contributed by atoms with Crippen LogP contribution in [0.25, 0.3) is 5.69 Å². The van der Waals surface area contributed by atoms with Crippen LogP contribution in [0, 0.1) is 0 Å². The van der Waals surface area contributed by atoms with E-state index in [9.17, 15) is 4.79 Å². The van der Waals surface area contributed by atoms with Crippen molar-refractivity contribution in [2.75, 3.05) is 5.73 Å². The summed E-state index contributed by atoms with van der Waals surface area (Å²) in [5.41, 5.74) is 6.43. The summed E-state index contributed by atoms with van der Waals surface area (Å²) >= 11 is 5.88. The summed E-state index contributed by atoms with van der Waals surface area (Å²) in [6.07, 6.45) is 1.54. The van der Waals surface area contributed by atoms with Crippen molar-refractivity contribution in [1.29, 1.82) is 0 Å². The van der Waals surface area contributed by atoms with Crippen molar-refractivity contribution >= 4 is 28.8 Å². The van der Waals surface area contributed by atoms with E-state index in [4.69, 9.17) is 17.3 Å². The number of aromatic amines is 1. The lowest BCUT2D eigenvalue weighted by atomic mass is 10.3. The van der Waals surface area contributed by atoms with Crippen molar-refractivity contribution in [2.24, 2.45) is 10.2 Å². The third kappa shape index (κ3) is 2.61. The van der Waals surface area contributed by atoms with Crippen LogP contribution in [0.5, 0.6) is 0 Å². The number of halogens is 1. The Hall–Kier alpha value is -2.93. The minimum Gasteiger partial charge on any atom is -0.382 e. The van der Waals surface area contributed by atoms with Crippen LogP contribution in [0.2, 0.25) is 5.15 Å². The molecule has 0 saturated carbocycles. The number of rotatable bonds is 3. The summed E-state index contributed by atoms with van der Waals surface area (Å²) in [6.45, 7) is 0. The van der Waals surface area contributed by atoms with Gasteiger partial charge in [-0.15, -0.1) is 10.2 Å². The van der Waals surface area contributed by atoms with Crippen molar-refractivity contribution in [3.05, 3.63) is 64.2 Å². The molecule has 3 N–H and O–H groups in total. The van der Waals surface area contributed by atoms with Crippen molar-refractivity contribution in [3.8, 4) is 5.69 Å². The molecule has 2 aromatic heterocycles. The van der Waals surface area contributed by atoms with E-state index in [0.29, 0.717) is 11.4 Å². The molecular weight excluding hydrogens is 304 g/mol. The molecule has 0 unspecified atom stereocenters. The Bertz CT molecular complexity index is 884. The molecule has 2 heterocycles. The summed E-state index contributed by atoms with van der Waals surface area (Å²) in [6, 6.07) is 12.3. The van der Waals surface area contributed by atoms with E-state index in [1.807, 2.05) is 18.2 Å². The van der Waals surface area contributed by atoms with Crippen molar-refractivity contribution < 1.29 is 0 Å². The number of pyridine rings is 1. The highest BCUT2D eigenvalue weighted by Crippen LogP contribution is 2.24. The minimum absolute atomic E-state index is 0.0174. The number of hydrogen-bond acceptors (Lipinski definition) is 5. The van der Waals surface area contributed by atoms with E-state index in [0.717, 1.165) is 0 Å². The maximum atomic E-state index is 12.3. The first-order chi connectivity index (χ1) is 10.7.